The maximum atomic E-state index is 11.8. The summed E-state index contributed by atoms with van der Waals surface area (Å²) in [6.45, 7) is 2.22. The smallest absolute Gasteiger partial charge is 0.335 e. The van der Waals surface area contributed by atoms with Crippen molar-refractivity contribution in [2.24, 2.45) is 5.14 Å². The van der Waals surface area contributed by atoms with Crippen LogP contribution in [0.4, 0.5) is 5.69 Å². The lowest BCUT2D eigenvalue weighted by atomic mass is 10.2. The molecule has 0 amide bonds. The van der Waals surface area contributed by atoms with Gasteiger partial charge in [-0.15, -0.1) is 0 Å². The minimum atomic E-state index is -4.50. The summed E-state index contributed by atoms with van der Waals surface area (Å²) in [4.78, 5) is 20.6. The number of nitro benzene ring substituents is 1. The average Bonchev–Trinajstić information content (AvgIpc) is 2.55. The number of carboxylic acids is 1. The Morgan fingerprint density at radius 2 is 1.81 bits per heavy atom. The Kier molecular flexibility index (Phi) is 5.43. The quantitative estimate of drug-likeness (QED) is 0.544. The van der Waals surface area contributed by atoms with E-state index in [1.165, 1.54) is 24.3 Å². The first-order valence-electron chi connectivity index (χ1n) is 7.12. The number of rotatable bonds is 7. The van der Waals surface area contributed by atoms with Crippen molar-refractivity contribution in [2.45, 2.75) is 11.8 Å². The van der Waals surface area contributed by atoms with Crippen molar-refractivity contribution in [1.29, 1.82) is 0 Å². The van der Waals surface area contributed by atoms with Crippen LogP contribution in [-0.4, -0.2) is 31.0 Å². The Morgan fingerprint density at radius 3 is 2.27 bits per heavy atom. The highest BCUT2D eigenvalue weighted by atomic mass is 32.2. The fraction of sp³-hybridized carbons (Fsp3) is 0.133. The Morgan fingerprint density at radius 1 is 1.23 bits per heavy atom. The maximum Gasteiger partial charge on any atom is 0.335 e. The van der Waals surface area contributed by atoms with Crippen molar-refractivity contribution in [3.63, 3.8) is 0 Å². The van der Waals surface area contributed by atoms with Crippen molar-refractivity contribution < 1.29 is 32.7 Å². The number of aromatic carboxylic acids is 1. The lowest BCUT2D eigenvalue weighted by Gasteiger charge is -2.12. The van der Waals surface area contributed by atoms with E-state index < -0.39 is 42.8 Å². The standard InChI is InChI=1S/C15H14N2O8S/c1-2-24-10-3-5-11(6-4-10)25-14-12(17(20)21)7-9(15(18)19)8-13(14)26(16,22)23/h3-8H,2H2,1H3,(H,18,19)(H2,16,22,23). The molecule has 3 N–H and O–H groups in total. The van der Waals surface area contributed by atoms with Gasteiger partial charge in [-0.2, -0.15) is 0 Å². The third-order valence-corrected chi connectivity index (χ3v) is 4.06. The lowest BCUT2D eigenvalue weighted by Crippen LogP contribution is -2.15. The van der Waals surface area contributed by atoms with Gasteiger partial charge in [0.25, 0.3) is 0 Å². The molecular formula is C15H14N2O8S. The third-order valence-electron chi connectivity index (χ3n) is 3.14. The second-order valence-electron chi connectivity index (χ2n) is 4.94. The number of nitrogens with two attached hydrogens (primary N) is 1. The molecule has 0 aromatic heterocycles. The zero-order chi connectivity index (χ0) is 19.5. The van der Waals surface area contributed by atoms with Crippen LogP contribution < -0.4 is 14.6 Å². The number of primary sulfonamides is 1. The van der Waals surface area contributed by atoms with Gasteiger partial charge in [0.15, 0.2) is 0 Å². The van der Waals surface area contributed by atoms with Crippen LogP contribution in [0.2, 0.25) is 0 Å². The summed E-state index contributed by atoms with van der Waals surface area (Å²) in [5.74, 6) is -1.64. The molecule has 26 heavy (non-hydrogen) atoms. The van der Waals surface area contributed by atoms with Crippen LogP contribution in [0, 0.1) is 10.1 Å². The molecule has 2 aromatic rings. The monoisotopic (exact) mass is 382 g/mol. The number of sulfonamides is 1. The summed E-state index contributed by atoms with van der Waals surface area (Å²) in [6.07, 6.45) is 0. The van der Waals surface area contributed by atoms with E-state index in [4.69, 9.17) is 19.7 Å². The van der Waals surface area contributed by atoms with Gasteiger partial charge in [0, 0.05) is 6.07 Å². The van der Waals surface area contributed by atoms with Crippen molar-refractivity contribution in [3.05, 3.63) is 52.1 Å². The van der Waals surface area contributed by atoms with Crippen LogP contribution in [0.3, 0.4) is 0 Å². The zero-order valence-electron chi connectivity index (χ0n) is 13.4. The van der Waals surface area contributed by atoms with Crippen LogP contribution in [0.1, 0.15) is 17.3 Å². The highest BCUT2D eigenvalue weighted by Crippen LogP contribution is 2.38. The molecule has 138 valence electrons. The van der Waals surface area contributed by atoms with Gasteiger partial charge in [0.2, 0.25) is 15.8 Å². The Labute approximate surface area is 148 Å². The fourth-order valence-corrected chi connectivity index (χ4v) is 2.74. The van der Waals surface area contributed by atoms with Gasteiger partial charge >= 0.3 is 11.7 Å². The molecule has 0 bridgehead atoms. The molecule has 0 aliphatic carbocycles. The van der Waals surface area contributed by atoms with Crippen LogP contribution in [0.5, 0.6) is 17.2 Å². The van der Waals surface area contributed by atoms with Gasteiger partial charge in [-0.3, -0.25) is 10.1 Å². The van der Waals surface area contributed by atoms with Gasteiger partial charge in [-0.25, -0.2) is 18.4 Å². The van der Waals surface area contributed by atoms with Crippen molar-refractivity contribution in [1.82, 2.24) is 0 Å². The number of nitrogens with zero attached hydrogens (tertiary/aromatic N) is 1. The van der Waals surface area contributed by atoms with Crippen LogP contribution in [0.15, 0.2) is 41.3 Å². The number of benzene rings is 2. The molecule has 0 heterocycles. The van der Waals surface area contributed by atoms with E-state index in [0.29, 0.717) is 24.5 Å². The van der Waals surface area contributed by atoms with Gasteiger partial charge in [0.1, 0.15) is 16.4 Å². The fourth-order valence-electron chi connectivity index (χ4n) is 2.05. The maximum absolute atomic E-state index is 11.8. The summed E-state index contributed by atoms with van der Waals surface area (Å²) in [6, 6.07) is 7.26. The van der Waals surface area contributed by atoms with E-state index in [-0.39, 0.29) is 5.75 Å². The molecule has 11 heteroatoms. The number of hydrogen-bond acceptors (Lipinski definition) is 7. The molecule has 2 rings (SSSR count). The van der Waals surface area contributed by atoms with Crippen LogP contribution in [0.25, 0.3) is 0 Å². The van der Waals surface area contributed by atoms with Gasteiger partial charge in [-0.05, 0) is 37.3 Å². The molecule has 0 radical (unpaired) electrons. The lowest BCUT2D eigenvalue weighted by molar-refractivity contribution is -0.385. The van der Waals surface area contributed by atoms with Crippen LogP contribution in [-0.2, 0) is 10.0 Å². The number of carboxylic acid groups (broad SMARTS) is 1. The predicted octanol–water partition coefficient (Wildman–Crippen LogP) is 2.13. The van der Waals surface area contributed by atoms with E-state index in [1.807, 2.05) is 0 Å². The number of nitro groups is 1. The molecule has 0 unspecified atom stereocenters. The largest absolute Gasteiger partial charge is 0.494 e. The average molecular weight is 382 g/mol. The summed E-state index contributed by atoms with van der Waals surface area (Å²) >= 11 is 0. The molecule has 0 saturated carbocycles. The normalized spacial score (nSPS) is 11.0. The Bertz CT molecular complexity index is 954. The van der Waals surface area contributed by atoms with Gasteiger partial charge in [-0.1, -0.05) is 0 Å². The summed E-state index contributed by atoms with van der Waals surface area (Å²) in [5.41, 5.74) is -1.46. The van der Waals surface area contributed by atoms with Crippen molar-refractivity contribution in [2.75, 3.05) is 6.61 Å². The topological polar surface area (TPSA) is 159 Å². The Balaban J connectivity index is 2.61. The first kappa shape index (κ1) is 19.1. The second kappa shape index (κ2) is 7.37. The molecule has 0 aliphatic rings. The van der Waals surface area contributed by atoms with E-state index >= 15 is 0 Å². The molecule has 10 nitrogen and oxygen atoms in total. The molecule has 0 spiro atoms. The SMILES string of the molecule is CCOc1ccc(Oc2c([N+](=O)[O-])cc(C(=O)O)cc2S(N)(=O)=O)cc1. The van der Waals surface area contributed by atoms with E-state index in [9.17, 15) is 23.3 Å². The van der Waals surface area contributed by atoms with Crippen LogP contribution >= 0.6 is 0 Å². The Hall–Kier alpha value is -3.18. The van der Waals surface area contributed by atoms with E-state index in [1.54, 1.807) is 6.92 Å². The van der Waals surface area contributed by atoms with Crippen molar-refractivity contribution in [3.8, 4) is 17.2 Å². The zero-order valence-corrected chi connectivity index (χ0v) is 14.2. The predicted molar refractivity (Wildman–Crippen MR) is 89.1 cm³/mol. The molecule has 0 aliphatic heterocycles. The molecular weight excluding hydrogens is 368 g/mol. The van der Waals surface area contributed by atoms with Crippen molar-refractivity contribution >= 4 is 21.7 Å². The molecule has 0 fully saturated rings. The highest BCUT2D eigenvalue weighted by molar-refractivity contribution is 7.89. The minimum Gasteiger partial charge on any atom is -0.494 e. The first-order chi connectivity index (χ1) is 12.1. The van der Waals surface area contributed by atoms with E-state index in [0.717, 1.165) is 0 Å². The minimum absolute atomic E-state index is 0.0736. The third kappa shape index (κ3) is 4.26. The molecule has 0 atom stereocenters. The highest BCUT2D eigenvalue weighted by Gasteiger charge is 2.29. The first-order valence-corrected chi connectivity index (χ1v) is 8.67. The van der Waals surface area contributed by atoms with Gasteiger partial charge in [0.05, 0.1) is 17.1 Å². The number of carbonyl (C=O) groups is 1. The number of ether oxygens (including phenoxy) is 2. The summed E-state index contributed by atoms with van der Waals surface area (Å²) < 4.78 is 34.2. The second-order valence-corrected chi connectivity index (χ2v) is 6.47. The summed E-state index contributed by atoms with van der Waals surface area (Å²) in [7, 11) is -4.50. The van der Waals surface area contributed by atoms with Gasteiger partial charge < -0.3 is 14.6 Å². The molecule has 2 aromatic carbocycles. The summed E-state index contributed by atoms with van der Waals surface area (Å²) in [5, 5.41) is 25.4. The molecule has 0 saturated heterocycles. The van der Waals surface area contributed by atoms with E-state index in [2.05, 4.69) is 0 Å². The number of hydrogen-bond donors (Lipinski definition) is 2.